The zero-order valence-electron chi connectivity index (χ0n) is 30.0. The summed E-state index contributed by atoms with van der Waals surface area (Å²) in [5, 5.41) is 6.85. The molecule has 2 heterocycles. The zero-order valence-corrected chi connectivity index (χ0v) is 30.9. The number of fused-ring (bicyclic) bond motifs is 1. The molecule has 0 saturated heterocycles. The number of hydrogen-bond acceptors (Lipinski definition) is 9. The summed E-state index contributed by atoms with van der Waals surface area (Å²) in [6.45, 7) is 7.47. The number of carbonyl (C=O) groups is 2. The van der Waals surface area contributed by atoms with Crippen LogP contribution < -0.4 is 15.9 Å². The minimum atomic E-state index is -3.90. The molecule has 0 saturated carbocycles. The van der Waals surface area contributed by atoms with Crippen LogP contribution in [0.15, 0.2) is 104 Å². The average Bonchev–Trinajstić information content (AvgIpc) is 3.50. The van der Waals surface area contributed by atoms with Crippen LogP contribution in [0.3, 0.4) is 0 Å². The highest BCUT2D eigenvalue weighted by atomic mass is 31.2. The number of carbonyl (C=O) groups excluding carboxylic acids is 2. The Bertz CT molecular complexity index is 1880. The second kappa shape index (κ2) is 18.1. The van der Waals surface area contributed by atoms with Gasteiger partial charge in [-0.1, -0.05) is 91.0 Å². The van der Waals surface area contributed by atoms with E-state index in [0.717, 1.165) is 27.6 Å². The molecule has 13 heteroatoms. The molecule has 4 N–H and O–H groups in total. The first-order chi connectivity index (χ1) is 25.0. The molecule has 0 radical (unpaired) electrons. The van der Waals surface area contributed by atoms with E-state index in [9.17, 15) is 9.59 Å². The summed E-state index contributed by atoms with van der Waals surface area (Å²) in [6, 6.07) is 26.5. The van der Waals surface area contributed by atoms with E-state index >= 15 is 4.57 Å². The van der Waals surface area contributed by atoms with Crippen molar-refractivity contribution in [3.8, 4) is 11.1 Å². The predicted molar refractivity (Wildman–Crippen MR) is 202 cm³/mol. The monoisotopic (exact) mass is 726 g/mol. The van der Waals surface area contributed by atoms with Gasteiger partial charge < -0.3 is 24.5 Å². The fourth-order valence-corrected chi connectivity index (χ4v) is 7.83. The summed E-state index contributed by atoms with van der Waals surface area (Å²) in [4.78, 5) is 35.7. The maximum atomic E-state index is 15.0. The number of hydrogen-bond donors (Lipinski definition) is 3. The van der Waals surface area contributed by atoms with Crippen molar-refractivity contribution in [1.29, 1.82) is 0 Å². The highest BCUT2D eigenvalue weighted by Crippen LogP contribution is 2.39. The van der Waals surface area contributed by atoms with Crippen molar-refractivity contribution in [1.82, 2.24) is 24.7 Å². The van der Waals surface area contributed by atoms with Gasteiger partial charge in [0.2, 0.25) is 7.44 Å². The van der Waals surface area contributed by atoms with Gasteiger partial charge in [0.1, 0.15) is 36.2 Å². The number of nitrogens with two attached hydrogens (primary N) is 1. The molecule has 3 aromatic carbocycles. The van der Waals surface area contributed by atoms with Gasteiger partial charge in [-0.2, -0.15) is 0 Å². The Morgan fingerprint density at radius 1 is 0.769 bits per heavy atom. The molecule has 0 amide bonds. The van der Waals surface area contributed by atoms with Crippen molar-refractivity contribution in [3.05, 3.63) is 115 Å². The topological polar surface area (TPSA) is 160 Å². The van der Waals surface area contributed by atoms with Gasteiger partial charge in [0.05, 0.1) is 24.2 Å². The van der Waals surface area contributed by atoms with Gasteiger partial charge in [-0.05, 0) is 57.2 Å². The number of esters is 2. The van der Waals surface area contributed by atoms with Crippen LogP contribution in [0.5, 0.6) is 0 Å². The minimum Gasteiger partial charge on any atom is -0.462 e. The van der Waals surface area contributed by atoms with E-state index in [1.165, 1.54) is 6.33 Å². The maximum absolute atomic E-state index is 15.0. The second-order valence-corrected chi connectivity index (χ2v) is 15.3. The summed E-state index contributed by atoms with van der Waals surface area (Å²) < 4.78 is 34.3. The number of rotatable bonds is 18. The number of anilines is 1. The first kappa shape index (κ1) is 38.4. The summed E-state index contributed by atoms with van der Waals surface area (Å²) in [5.74, 6) is -0.790. The SMILES string of the molecule is CC(C)OC(=O)[C@H](Cc1ccccc1)NP(=O)(COCCn1cc(-c2ccccc2)c2c(N)ncnc21)N[C@@H](Cc1ccccc1)C(=O)OC(C)C. The number of nitrogens with zero attached hydrogens (tertiary/aromatic N) is 3. The smallest absolute Gasteiger partial charge is 0.324 e. The molecule has 12 nitrogen and oxygen atoms in total. The van der Waals surface area contributed by atoms with E-state index in [4.69, 9.17) is 19.9 Å². The average molecular weight is 727 g/mol. The normalized spacial score (nSPS) is 13.0. The number of ether oxygens (including phenoxy) is 3. The number of nitrogen functional groups attached to an aromatic ring is 1. The Hall–Kier alpha value is -4.87. The van der Waals surface area contributed by atoms with Gasteiger partial charge in [0.15, 0.2) is 0 Å². The molecule has 0 bridgehead atoms. The Morgan fingerprint density at radius 3 is 1.77 bits per heavy atom. The molecular weight excluding hydrogens is 679 g/mol. The zero-order chi connectivity index (χ0) is 37.1. The summed E-state index contributed by atoms with van der Waals surface area (Å²) in [7, 11) is -3.90. The van der Waals surface area contributed by atoms with Crippen LogP contribution in [0.4, 0.5) is 5.82 Å². The maximum Gasteiger partial charge on any atom is 0.324 e. The van der Waals surface area contributed by atoms with Gasteiger partial charge in [-0.25, -0.2) is 20.1 Å². The van der Waals surface area contributed by atoms with Crippen molar-refractivity contribution in [2.45, 2.75) is 71.4 Å². The Labute approximate surface area is 304 Å². The molecular formula is C39H47N6O6P. The minimum absolute atomic E-state index is 0.120. The van der Waals surface area contributed by atoms with Crippen LogP contribution in [-0.4, -0.2) is 63.7 Å². The van der Waals surface area contributed by atoms with Crippen molar-refractivity contribution in [2.75, 3.05) is 18.7 Å². The summed E-state index contributed by atoms with van der Waals surface area (Å²) in [6.07, 6.45) is 2.58. The molecule has 5 rings (SSSR count). The highest BCUT2D eigenvalue weighted by molar-refractivity contribution is 7.59. The molecule has 0 spiro atoms. The molecule has 274 valence electrons. The third-order valence-corrected chi connectivity index (χ3v) is 10.1. The molecule has 52 heavy (non-hydrogen) atoms. The van der Waals surface area contributed by atoms with E-state index in [1.54, 1.807) is 27.7 Å². The highest BCUT2D eigenvalue weighted by Gasteiger charge is 2.36. The van der Waals surface area contributed by atoms with Gasteiger partial charge in [0, 0.05) is 18.3 Å². The van der Waals surface area contributed by atoms with Gasteiger partial charge in [-0.3, -0.25) is 14.2 Å². The Morgan fingerprint density at radius 2 is 1.27 bits per heavy atom. The third kappa shape index (κ3) is 10.6. The molecule has 2 atom stereocenters. The third-order valence-electron chi connectivity index (χ3n) is 8.08. The molecule has 0 fully saturated rings. The van der Waals surface area contributed by atoms with E-state index in [0.29, 0.717) is 18.0 Å². The quantitative estimate of drug-likeness (QED) is 0.0540. The van der Waals surface area contributed by atoms with Crippen LogP contribution in [0.2, 0.25) is 0 Å². The van der Waals surface area contributed by atoms with E-state index < -0.39 is 43.7 Å². The lowest BCUT2D eigenvalue weighted by molar-refractivity contribution is -0.150. The van der Waals surface area contributed by atoms with Gasteiger partial charge in [-0.15, -0.1) is 0 Å². The van der Waals surface area contributed by atoms with Crippen LogP contribution >= 0.6 is 7.44 Å². The van der Waals surface area contributed by atoms with E-state index in [1.807, 2.05) is 102 Å². The molecule has 0 aliphatic carbocycles. The lowest BCUT2D eigenvalue weighted by Gasteiger charge is -2.29. The van der Waals surface area contributed by atoms with Crippen molar-refractivity contribution < 1.29 is 28.4 Å². The van der Waals surface area contributed by atoms with Crippen LogP contribution in [0.25, 0.3) is 22.2 Å². The van der Waals surface area contributed by atoms with Crippen molar-refractivity contribution >= 4 is 36.2 Å². The Balaban J connectivity index is 1.42. The summed E-state index contributed by atoms with van der Waals surface area (Å²) in [5.41, 5.74) is 10.4. The number of benzene rings is 3. The molecule has 5 aromatic rings. The van der Waals surface area contributed by atoms with Crippen molar-refractivity contribution in [3.63, 3.8) is 0 Å². The lowest BCUT2D eigenvalue weighted by atomic mass is 10.1. The largest absolute Gasteiger partial charge is 0.462 e. The van der Waals surface area contributed by atoms with Crippen LogP contribution in [0, 0.1) is 0 Å². The Kier molecular flexibility index (Phi) is 13.3. The summed E-state index contributed by atoms with van der Waals surface area (Å²) >= 11 is 0. The van der Waals surface area contributed by atoms with E-state index in [2.05, 4.69) is 20.1 Å². The fourth-order valence-electron chi connectivity index (χ4n) is 5.82. The fraction of sp³-hybridized carbons (Fsp3) is 0.333. The molecule has 0 unspecified atom stereocenters. The van der Waals surface area contributed by atoms with E-state index in [-0.39, 0.29) is 25.8 Å². The van der Waals surface area contributed by atoms with Gasteiger partial charge in [0.25, 0.3) is 0 Å². The second-order valence-electron chi connectivity index (χ2n) is 13.1. The molecule has 0 aliphatic heterocycles. The van der Waals surface area contributed by atoms with Gasteiger partial charge >= 0.3 is 11.9 Å². The first-order valence-electron chi connectivity index (χ1n) is 17.4. The van der Waals surface area contributed by atoms with Crippen LogP contribution in [0.1, 0.15) is 38.8 Å². The lowest BCUT2D eigenvalue weighted by Crippen LogP contribution is -2.47. The number of aromatic nitrogens is 3. The first-order valence-corrected chi connectivity index (χ1v) is 19.3. The number of nitrogens with one attached hydrogen (secondary N) is 2. The van der Waals surface area contributed by atoms with Crippen LogP contribution in [-0.2, 0) is 47.8 Å². The standard InChI is InChI=1S/C39H47N6O6P/c1-27(2)50-38(46)33(22-29-14-8-5-9-15-29)43-52(48,44-34(39(47)51-28(3)4)23-30-16-10-6-11-17-30)26-49-21-20-45-24-32(31-18-12-7-13-19-31)35-36(40)41-25-42-37(35)45/h5-19,24-25,27-28,33-34H,20-23,26H2,1-4H3,(H2,40,41,42)(H2,43,44,48)/t33-,34-/m0/s1. The molecule has 2 aromatic heterocycles. The van der Waals surface area contributed by atoms with Crippen molar-refractivity contribution in [2.24, 2.45) is 0 Å². The predicted octanol–water partition coefficient (Wildman–Crippen LogP) is 6.15. The molecule has 0 aliphatic rings.